The van der Waals surface area contributed by atoms with Crippen LogP contribution >= 0.6 is 27.5 Å². The molecule has 0 aliphatic carbocycles. The first-order chi connectivity index (χ1) is 15.0. The Kier molecular flexibility index (Phi) is 6.51. The number of hydrogen-bond acceptors (Lipinski definition) is 4. The van der Waals surface area contributed by atoms with E-state index in [1.54, 1.807) is 18.2 Å². The smallest absolute Gasteiger partial charge is 0.162 e. The van der Waals surface area contributed by atoms with Crippen LogP contribution < -0.4 is 15.4 Å². The van der Waals surface area contributed by atoms with E-state index in [1.165, 1.54) is 6.07 Å². The summed E-state index contributed by atoms with van der Waals surface area (Å²) < 4.78 is 19.7. The molecule has 0 radical (unpaired) electrons. The van der Waals surface area contributed by atoms with E-state index < -0.39 is 0 Å². The van der Waals surface area contributed by atoms with Gasteiger partial charge in [0.2, 0.25) is 0 Å². The minimum absolute atomic E-state index is 0.0921. The summed E-state index contributed by atoms with van der Waals surface area (Å²) in [6, 6.07) is 17.5. The summed E-state index contributed by atoms with van der Waals surface area (Å²) in [6.07, 6.45) is 1.68. The number of hydrogen-bond donors (Lipinski definition) is 3. The van der Waals surface area contributed by atoms with Gasteiger partial charge in [-0.15, -0.1) is 0 Å². The average Bonchev–Trinajstić information content (AvgIpc) is 2.77. The molecule has 1 aliphatic rings. The van der Waals surface area contributed by atoms with Crippen molar-refractivity contribution >= 4 is 33.2 Å². The maximum Gasteiger partial charge on any atom is 0.162 e. The monoisotopic (exact) mass is 502 g/mol. The average molecular weight is 504 g/mol. The minimum atomic E-state index is -0.327. The number of ether oxygens (including phenoxy) is 1. The normalized spacial score (nSPS) is 18.3. The van der Waals surface area contributed by atoms with Crippen molar-refractivity contribution in [2.75, 3.05) is 6.61 Å². The molecule has 0 amide bonds. The van der Waals surface area contributed by atoms with Gasteiger partial charge in [0.15, 0.2) is 11.5 Å². The molecule has 0 spiro atoms. The fraction of sp³-hybridized carbons (Fsp3) is 0.167. The third-order valence-corrected chi connectivity index (χ3v) is 5.94. The number of phenolic OH excluding ortho intramolecular Hbond substituents is 1. The fourth-order valence-corrected chi connectivity index (χ4v) is 4.08. The Balaban J connectivity index is 1.77. The Labute approximate surface area is 193 Å². The Morgan fingerprint density at radius 2 is 1.90 bits per heavy atom. The van der Waals surface area contributed by atoms with Gasteiger partial charge >= 0.3 is 0 Å². The lowest BCUT2D eigenvalue weighted by molar-refractivity contribution is 0.314. The van der Waals surface area contributed by atoms with Gasteiger partial charge in [-0.05, 0) is 70.4 Å². The molecule has 2 unspecified atom stereocenters. The molecule has 1 aliphatic heterocycles. The third-order valence-electron chi connectivity index (χ3n) is 5.08. The molecule has 3 N–H and O–H groups in total. The van der Waals surface area contributed by atoms with Crippen molar-refractivity contribution in [3.63, 3.8) is 0 Å². The first-order valence-electron chi connectivity index (χ1n) is 9.86. The zero-order chi connectivity index (χ0) is 22.0. The van der Waals surface area contributed by atoms with E-state index in [0.717, 1.165) is 16.8 Å². The molecule has 0 saturated heterocycles. The molecule has 0 saturated carbocycles. The van der Waals surface area contributed by atoms with Crippen LogP contribution in [0.15, 0.2) is 71.2 Å². The van der Waals surface area contributed by atoms with E-state index in [1.807, 2.05) is 49.4 Å². The summed E-state index contributed by atoms with van der Waals surface area (Å²) in [5.41, 5.74) is 3.35. The lowest BCUT2D eigenvalue weighted by Crippen LogP contribution is -2.39. The minimum Gasteiger partial charge on any atom is -0.504 e. The van der Waals surface area contributed by atoms with Gasteiger partial charge in [-0.2, -0.15) is 0 Å². The number of aromatic hydroxyl groups is 1. The second-order valence-electron chi connectivity index (χ2n) is 7.11. The van der Waals surface area contributed by atoms with Crippen molar-refractivity contribution in [3.8, 4) is 11.5 Å². The number of benzene rings is 3. The van der Waals surface area contributed by atoms with Gasteiger partial charge in [0.1, 0.15) is 12.0 Å². The van der Waals surface area contributed by atoms with Crippen LogP contribution in [0.5, 0.6) is 11.5 Å². The lowest BCUT2D eigenvalue weighted by Gasteiger charge is -2.33. The molecule has 160 valence electrons. The maximum atomic E-state index is 13.8. The third kappa shape index (κ3) is 4.71. The first-order valence-corrected chi connectivity index (χ1v) is 11.0. The second kappa shape index (κ2) is 9.30. The summed E-state index contributed by atoms with van der Waals surface area (Å²) in [7, 11) is 0. The van der Waals surface area contributed by atoms with Crippen LogP contribution in [0.4, 0.5) is 4.39 Å². The predicted octanol–water partition coefficient (Wildman–Crippen LogP) is 6.32. The van der Waals surface area contributed by atoms with Crippen molar-refractivity contribution in [1.82, 2.24) is 10.6 Å². The van der Waals surface area contributed by atoms with Crippen LogP contribution in [0, 0.1) is 5.82 Å². The Morgan fingerprint density at radius 3 is 2.61 bits per heavy atom. The molecule has 4 rings (SSSR count). The zero-order valence-electron chi connectivity index (χ0n) is 16.7. The molecule has 3 aromatic rings. The topological polar surface area (TPSA) is 53.5 Å². The highest BCUT2D eigenvalue weighted by molar-refractivity contribution is 9.10. The molecular weight excluding hydrogens is 483 g/mol. The Hall–Kier alpha value is -2.54. The van der Waals surface area contributed by atoms with E-state index in [-0.39, 0.29) is 23.8 Å². The quantitative estimate of drug-likeness (QED) is 0.381. The van der Waals surface area contributed by atoms with Crippen molar-refractivity contribution in [3.05, 3.63) is 98.7 Å². The molecule has 2 atom stereocenters. The highest BCUT2D eigenvalue weighted by Gasteiger charge is 2.27. The SMILES string of the molecule is CCOc1cccc(C2C=C(c3ccc(Cl)cc3)NC(c3ccc(F)c(Br)c3)N2)c1O. The summed E-state index contributed by atoms with van der Waals surface area (Å²) in [5.74, 6) is 0.198. The molecule has 31 heavy (non-hydrogen) atoms. The zero-order valence-corrected chi connectivity index (χ0v) is 19.0. The van der Waals surface area contributed by atoms with Crippen molar-refractivity contribution in [2.45, 2.75) is 19.1 Å². The molecule has 7 heteroatoms. The predicted molar refractivity (Wildman–Crippen MR) is 125 cm³/mol. The Bertz CT molecular complexity index is 1120. The summed E-state index contributed by atoms with van der Waals surface area (Å²) >= 11 is 9.32. The van der Waals surface area contributed by atoms with Crippen molar-refractivity contribution < 1.29 is 14.2 Å². The molecule has 0 fully saturated rings. The van der Waals surface area contributed by atoms with Gasteiger partial charge in [0.05, 0.1) is 17.1 Å². The fourth-order valence-electron chi connectivity index (χ4n) is 3.56. The number of rotatable bonds is 5. The van der Waals surface area contributed by atoms with E-state index >= 15 is 0 Å². The molecule has 4 nitrogen and oxygen atoms in total. The molecule has 0 aromatic heterocycles. The van der Waals surface area contributed by atoms with Gasteiger partial charge in [-0.3, -0.25) is 5.32 Å². The largest absolute Gasteiger partial charge is 0.504 e. The van der Waals surface area contributed by atoms with E-state index in [0.29, 0.717) is 27.4 Å². The number of phenols is 1. The number of para-hydroxylation sites is 1. The van der Waals surface area contributed by atoms with Gasteiger partial charge in [0, 0.05) is 16.3 Å². The van der Waals surface area contributed by atoms with Crippen molar-refractivity contribution in [1.29, 1.82) is 0 Å². The van der Waals surface area contributed by atoms with Gasteiger partial charge in [-0.1, -0.05) is 41.9 Å². The van der Waals surface area contributed by atoms with E-state index in [4.69, 9.17) is 16.3 Å². The molecule has 3 aromatic carbocycles. The van der Waals surface area contributed by atoms with E-state index in [9.17, 15) is 9.50 Å². The van der Waals surface area contributed by atoms with Crippen LogP contribution in [-0.2, 0) is 0 Å². The highest BCUT2D eigenvalue weighted by Crippen LogP contribution is 2.38. The first kappa shape index (κ1) is 21.7. The second-order valence-corrected chi connectivity index (χ2v) is 8.40. The number of halogens is 3. The van der Waals surface area contributed by atoms with Crippen LogP contribution in [0.3, 0.4) is 0 Å². The molecule has 1 heterocycles. The summed E-state index contributed by atoms with van der Waals surface area (Å²) in [4.78, 5) is 0. The van der Waals surface area contributed by atoms with Gasteiger partial charge in [0.25, 0.3) is 0 Å². The highest BCUT2D eigenvalue weighted by atomic mass is 79.9. The summed E-state index contributed by atoms with van der Waals surface area (Å²) in [5, 5.41) is 18.4. The van der Waals surface area contributed by atoms with Crippen LogP contribution in [0.2, 0.25) is 5.02 Å². The molecule has 0 bridgehead atoms. The summed E-state index contributed by atoms with van der Waals surface area (Å²) in [6.45, 7) is 2.32. The number of nitrogens with one attached hydrogen (secondary N) is 2. The lowest BCUT2D eigenvalue weighted by atomic mass is 9.97. The van der Waals surface area contributed by atoms with Crippen molar-refractivity contribution in [2.24, 2.45) is 0 Å². The molecular formula is C24H21BrClFN2O2. The van der Waals surface area contributed by atoms with Crippen LogP contribution in [-0.4, -0.2) is 11.7 Å². The van der Waals surface area contributed by atoms with Crippen LogP contribution in [0.1, 0.15) is 35.8 Å². The Morgan fingerprint density at radius 1 is 1.13 bits per heavy atom. The van der Waals surface area contributed by atoms with Gasteiger partial charge in [-0.25, -0.2) is 4.39 Å². The van der Waals surface area contributed by atoms with E-state index in [2.05, 4.69) is 26.6 Å². The standard InChI is InChI=1S/C24H21BrClFN2O2/c1-2-31-22-5-3-4-17(23(22)30)21-13-20(14-6-9-16(26)10-7-14)28-24(29-21)15-8-11-19(27)18(25)12-15/h3-13,21,24,28-30H,2H2,1H3. The van der Waals surface area contributed by atoms with Crippen LogP contribution in [0.25, 0.3) is 5.70 Å². The van der Waals surface area contributed by atoms with Gasteiger partial charge < -0.3 is 15.2 Å². The maximum absolute atomic E-state index is 13.8.